The SMILES string of the molecule is CCCC1=[C]([Zr+2][c]2cccc3c2Cc2ccccc2-3)CC=C1.[I-].[I-]. The largest absolute Gasteiger partial charge is 1.00 e. The van der Waals surface area contributed by atoms with Gasteiger partial charge < -0.3 is 48.0 Å². The third-order valence-corrected chi connectivity index (χ3v) is 8.53. The fourth-order valence-electron chi connectivity index (χ4n) is 3.62. The molecule has 0 aliphatic heterocycles. The van der Waals surface area contributed by atoms with Gasteiger partial charge in [-0.25, -0.2) is 0 Å². The first-order chi connectivity index (χ1) is 10.9. The Bertz CT molecular complexity index is 790. The molecule has 0 atom stereocenters. The Hall–Kier alpha value is 0.263. The van der Waals surface area contributed by atoms with E-state index in [0.717, 1.165) is 6.42 Å². The van der Waals surface area contributed by atoms with Gasteiger partial charge in [-0.1, -0.05) is 0 Å². The van der Waals surface area contributed by atoms with Gasteiger partial charge in [-0.15, -0.1) is 0 Å². The minimum atomic E-state index is -0.646. The Morgan fingerprint density at radius 1 is 0.958 bits per heavy atom. The van der Waals surface area contributed by atoms with Crippen molar-refractivity contribution in [2.24, 2.45) is 0 Å². The number of halogens is 2. The Balaban J connectivity index is 0.00000104. The van der Waals surface area contributed by atoms with Gasteiger partial charge in [0.1, 0.15) is 0 Å². The monoisotopic (exact) mass is 616 g/mol. The van der Waals surface area contributed by atoms with E-state index in [2.05, 4.69) is 61.5 Å². The Morgan fingerprint density at radius 3 is 2.58 bits per heavy atom. The van der Waals surface area contributed by atoms with Crippen LogP contribution in [0.3, 0.4) is 0 Å². The molecule has 2 aliphatic carbocycles. The van der Waals surface area contributed by atoms with Crippen molar-refractivity contribution in [2.45, 2.75) is 32.6 Å². The molecule has 0 spiro atoms. The topological polar surface area (TPSA) is 0 Å². The van der Waals surface area contributed by atoms with Gasteiger partial charge in [0.15, 0.2) is 0 Å². The molecule has 0 heterocycles. The van der Waals surface area contributed by atoms with Crippen LogP contribution in [0.15, 0.2) is 63.5 Å². The maximum Gasteiger partial charge on any atom is -1.00 e. The van der Waals surface area contributed by atoms with Crippen molar-refractivity contribution in [3.05, 3.63) is 74.6 Å². The molecule has 0 radical (unpaired) electrons. The van der Waals surface area contributed by atoms with Gasteiger partial charge in [0.05, 0.1) is 0 Å². The van der Waals surface area contributed by atoms with Crippen molar-refractivity contribution in [1.82, 2.24) is 0 Å². The van der Waals surface area contributed by atoms with Crippen molar-refractivity contribution in [3.63, 3.8) is 0 Å². The molecule has 0 aromatic heterocycles. The van der Waals surface area contributed by atoms with Gasteiger partial charge in [0, 0.05) is 0 Å². The van der Waals surface area contributed by atoms with E-state index >= 15 is 0 Å². The molecule has 0 saturated carbocycles. The van der Waals surface area contributed by atoms with Crippen LogP contribution in [0.4, 0.5) is 0 Å². The number of allylic oxidation sites excluding steroid dienone is 4. The average molecular weight is 617 g/mol. The average Bonchev–Trinajstić information content (AvgIpc) is 3.13. The van der Waals surface area contributed by atoms with Gasteiger partial charge in [-0.05, 0) is 0 Å². The van der Waals surface area contributed by atoms with Crippen molar-refractivity contribution in [1.29, 1.82) is 0 Å². The number of hydrogen-bond donors (Lipinski definition) is 0. The second-order valence-electron chi connectivity index (χ2n) is 6.15. The molecule has 4 rings (SSSR count). The van der Waals surface area contributed by atoms with Crippen molar-refractivity contribution < 1.29 is 71.2 Å². The summed E-state index contributed by atoms with van der Waals surface area (Å²) in [6.45, 7) is 2.29. The van der Waals surface area contributed by atoms with Gasteiger partial charge >= 0.3 is 145 Å². The molecule has 0 bridgehead atoms. The minimum absolute atomic E-state index is 0. The van der Waals surface area contributed by atoms with E-state index in [9.17, 15) is 0 Å². The van der Waals surface area contributed by atoms with Gasteiger partial charge in [-0.3, -0.25) is 0 Å². The third-order valence-electron chi connectivity index (χ3n) is 4.68. The molecular weight excluding hydrogens is 597 g/mol. The van der Waals surface area contributed by atoms with E-state index in [1.165, 1.54) is 36.0 Å². The fraction of sp³-hybridized carbons (Fsp3) is 0.238. The van der Waals surface area contributed by atoms with Crippen LogP contribution in [0.1, 0.15) is 37.3 Å². The summed E-state index contributed by atoms with van der Waals surface area (Å²) >= 11 is -0.646. The molecule has 0 fully saturated rings. The molecule has 3 heteroatoms. The molecule has 0 saturated heterocycles. The summed E-state index contributed by atoms with van der Waals surface area (Å²) in [5.41, 5.74) is 7.76. The third kappa shape index (κ3) is 3.98. The molecule has 2 aliphatic rings. The number of rotatable bonds is 4. The van der Waals surface area contributed by atoms with Crippen LogP contribution in [0.2, 0.25) is 0 Å². The summed E-state index contributed by atoms with van der Waals surface area (Å²) < 4.78 is 3.50. The van der Waals surface area contributed by atoms with Crippen molar-refractivity contribution >= 4 is 3.27 Å². The Morgan fingerprint density at radius 2 is 1.75 bits per heavy atom. The summed E-state index contributed by atoms with van der Waals surface area (Å²) in [5, 5.41) is 0. The summed E-state index contributed by atoms with van der Waals surface area (Å²) in [7, 11) is 0. The van der Waals surface area contributed by atoms with Crippen LogP contribution in [0, 0.1) is 0 Å². The van der Waals surface area contributed by atoms with Crippen LogP contribution in [-0.2, 0) is 29.7 Å². The van der Waals surface area contributed by atoms with Crippen LogP contribution in [-0.4, -0.2) is 0 Å². The molecule has 0 N–H and O–H groups in total. The zero-order chi connectivity index (χ0) is 14.9. The van der Waals surface area contributed by atoms with E-state index < -0.39 is 23.2 Å². The van der Waals surface area contributed by atoms with Crippen molar-refractivity contribution in [2.75, 3.05) is 0 Å². The van der Waals surface area contributed by atoms with E-state index in [4.69, 9.17) is 0 Å². The molecule has 2 aromatic rings. The van der Waals surface area contributed by atoms with Crippen LogP contribution < -0.4 is 51.2 Å². The first kappa shape index (κ1) is 20.6. The molecule has 122 valence electrons. The maximum absolute atomic E-state index is 2.41. The quantitative estimate of drug-likeness (QED) is 0.330. The zero-order valence-corrected chi connectivity index (χ0v) is 20.6. The normalized spacial score (nSPS) is 13.7. The summed E-state index contributed by atoms with van der Waals surface area (Å²) in [5.74, 6) is 0. The number of fused-ring (bicyclic) bond motifs is 3. The summed E-state index contributed by atoms with van der Waals surface area (Å²) in [4.78, 5) is 0. The standard InChI is InChI=1S/C13H9.C8H11.2HI.Zr/c1-3-7-12-10(5-1)9-11-6-2-4-8-13(11)12;1-2-5-8-6-3-4-7-8;;;/h1-5,7-8H,9H2;3,6H,2,4-5H2,1H3;2*1H;/q;;;;+2/p-2. The first-order valence-corrected chi connectivity index (χ1v) is 10.7. The van der Waals surface area contributed by atoms with Gasteiger partial charge in [0.2, 0.25) is 0 Å². The molecule has 24 heavy (non-hydrogen) atoms. The molecule has 2 aromatic carbocycles. The molecule has 0 unspecified atom stereocenters. The summed E-state index contributed by atoms with van der Waals surface area (Å²) in [6.07, 6.45) is 9.66. The smallest absolute Gasteiger partial charge is 1.00 e. The Labute approximate surface area is 190 Å². The Kier molecular flexibility index (Phi) is 7.95. The van der Waals surface area contributed by atoms with Crippen LogP contribution in [0.25, 0.3) is 11.1 Å². The minimum Gasteiger partial charge on any atom is -1.00 e. The van der Waals surface area contributed by atoms with Gasteiger partial charge in [0.25, 0.3) is 0 Å². The van der Waals surface area contributed by atoms with E-state index in [0.29, 0.717) is 0 Å². The van der Waals surface area contributed by atoms with Gasteiger partial charge in [-0.2, -0.15) is 0 Å². The molecule has 0 amide bonds. The van der Waals surface area contributed by atoms with Crippen molar-refractivity contribution in [3.8, 4) is 11.1 Å². The molecular formula is C21H20I2Zr. The van der Waals surface area contributed by atoms with E-state index in [1.54, 1.807) is 17.7 Å². The predicted octanol–water partition coefficient (Wildman–Crippen LogP) is -1.01. The summed E-state index contributed by atoms with van der Waals surface area (Å²) in [6, 6.07) is 15.9. The van der Waals surface area contributed by atoms with E-state index in [1.807, 2.05) is 0 Å². The molecule has 0 nitrogen and oxygen atoms in total. The van der Waals surface area contributed by atoms with E-state index in [-0.39, 0.29) is 48.0 Å². The van der Waals surface area contributed by atoms with Crippen LogP contribution >= 0.6 is 0 Å². The second-order valence-corrected chi connectivity index (χ2v) is 9.57. The number of hydrogen-bond acceptors (Lipinski definition) is 0. The predicted molar refractivity (Wildman–Crippen MR) is 90.0 cm³/mol. The fourth-order valence-corrected chi connectivity index (χ4v) is 7.23. The second kappa shape index (κ2) is 9.27. The first-order valence-electron chi connectivity index (χ1n) is 8.22. The van der Waals surface area contributed by atoms with Crippen LogP contribution in [0.5, 0.6) is 0 Å². The zero-order valence-electron chi connectivity index (χ0n) is 13.8. The number of benzene rings is 2. The maximum atomic E-state index is 2.41.